The third kappa shape index (κ3) is 2.32. The molecular weight excluding hydrogens is 298 g/mol. The van der Waals surface area contributed by atoms with Crippen LogP contribution in [0.2, 0.25) is 0 Å². The number of aryl methyl sites for hydroxylation is 3. The maximum atomic E-state index is 12.6. The van der Waals surface area contributed by atoms with Crippen molar-refractivity contribution in [2.24, 2.45) is 0 Å². The van der Waals surface area contributed by atoms with E-state index in [0.717, 1.165) is 29.4 Å². The van der Waals surface area contributed by atoms with Crippen LogP contribution in [0, 0.1) is 18.3 Å². The average Bonchev–Trinajstić information content (AvgIpc) is 2.60. The van der Waals surface area contributed by atoms with Gasteiger partial charge in [-0.05, 0) is 79.1 Å². The van der Waals surface area contributed by atoms with Crippen molar-refractivity contribution in [3.8, 4) is 17.2 Å². The van der Waals surface area contributed by atoms with Gasteiger partial charge in [0.15, 0.2) is 0 Å². The van der Waals surface area contributed by atoms with Crippen LogP contribution in [0.15, 0.2) is 45.6 Å². The lowest BCUT2D eigenvalue weighted by atomic mass is 9.89. The number of nitrogens with zero attached hydrogens (tertiary/aromatic N) is 1. The van der Waals surface area contributed by atoms with Gasteiger partial charge >= 0.3 is 5.63 Å². The SMILES string of the molecule is Cc1c(-c2cccc(C#N)c2)c(=O)oc2cc3c(cc12)CCCC3. The van der Waals surface area contributed by atoms with Crippen LogP contribution >= 0.6 is 0 Å². The van der Waals surface area contributed by atoms with Crippen molar-refractivity contribution in [1.82, 2.24) is 0 Å². The van der Waals surface area contributed by atoms with Gasteiger partial charge in [0, 0.05) is 5.39 Å². The molecule has 118 valence electrons. The Balaban J connectivity index is 2.00. The molecule has 0 atom stereocenters. The van der Waals surface area contributed by atoms with Crippen molar-refractivity contribution in [3.63, 3.8) is 0 Å². The molecule has 0 amide bonds. The third-order valence-electron chi connectivity index (χ3n) is 4.91. The van der Waals surface area contributed by atoms with Gasteiger partial charge in [-0.1, -0.05) is 12.1 Å². The standard InChI is InChI=1S/C21H17NO2/c1-13-18-10-15-6-2-3-7-16(15)11-19(18)24-21(23)20(13)17-8-4-5-14(9-17)12-22/h4-5,8-11H,2-3,6-7H2,1H3. The molecule has 1 aliphatic rings. The molecule has 2 aromatic carbocycles. The number of benzene rings is 2. The number of rotatable bonds is 1. The summed E-state index contributed by atoms with van der Waals surface area (Å²) in [4.78, 5) is 12.6. The molecule has 3 heteroatoms. The van der Waals surface area contributed by atoms with Crippen molar-refractivity contribution in [3.05, 3.63) is 69.1 Å². The molecule has 1 aromatic heterocycles. The molecule has 0 fully saturated rings. The molecule has 3 nitrogen and oxygen atoms in total. The molecule has 3 aromatic rings. The van der Waals surface area contributed by atoms with E-state index in [1.54, 1.807) is 18.2 Å². The Bertz CT molecular complexity index is 1050. The van der Waals surface area contributed by atoms with Gasteiger partial charge in [-0.2, -0.15) is 5.26 Å². The van der Waals surface area contributed by atoms with Gasteiger partial charge in [0.05, 0.1) is 17.2 Å². The van der Waals surface area contributed by atoms with E-state index >= 15 is 0 Å². The summed E-state index contributed by atoms with van der Waals surface area (Å²) in [5.74, 6) is 0. The van der Waals surface area contributed by atoms with E-state index < -0.39 is 0 Å². The molecule has 0 N–H and O–H groups in total. The number of fused-ring (bicyclic) bond motifs is 2. The minimum Gasteiger partial charge on any atom is -0.422 e. The topological polar surface area (TPSA) is 54.0 Å². The van der Waals surface area contributed by atoms with E-state index in [1.807, 2.05) is 19.1 Å². The van der Waals surface area contributed by atoms with Crippen LogP contribution in [-0.4, -0.2) is 0 Å². The van der Waals surface area contributed by atoms with E-state index in [0.29, 0.717) is 16.7 Å². The Labute approximate surface area is 140 Å². The van der Waals surface area contributed by atoms with Crippen LogP contribution in [0.4, 0.5) is 0 Å². The Kier molecular flexibility index (Phi) is 3.46. The highest BCUT2D eigenvalue weighted by Crippen LogP contribution is 2.31. The highest BCUT2D eigenvalue weighted by molar-refractivity contribution is 5.88. The van der Waals surface area contributed by atoms with Gasteiger partial charge in [0.1, 0.15) is 5.58 Å². The lowest BCUT2D eigenvalue weighted by molar-refractivity contribution is 0.560. The van der Waals surface area contributed by atoms with Crippen molar-refractivity contribution in [1.29, 1.82) is 5.26 Å². The van der Waals surface area contributed by atoms with E-state index in [1.165, 1.54) is 24.0 Å². The van der Waals surface area contributed by atoms with Crippen LogP contribution < -0.4 is 5.63 Å². The van der Waals surface area contributed by atoms with Crippen molar-refractivity contribution < 1.29 is 4.42 Å². The summed E-state index contributed by atoms with van der Waals surface area (Å²) < 4.78 is 5.63. The summed E-state index contributed by atoms with van der Waals surface area (Å²) in [6.45, 7) is 1.96. The maximum Gasteiger partial charge on any atom is 0.344 e. The summed E-state index contributed by atoms with van der Waals surface area (Å²) in [6, 6.07) is 13.5. The highest BCUT2D eigenvalue weighted by atomic mass is 16.4. The zero-order valence-electron chi connectivity index (χ0n) is 13.6. The van der Waals surface area contributed by atoms with Crippen LogP contribution in [0.5, 0.6) is 0 Å². The fourth-order valence-electron chi connectivity index (χ4n) is 3.66. The number of hydrogen-bond acceptors (Lipinski definition) is 3. The zero-order chi connectivity index (χ0) is 16.7. The Morgan fingerprint density at radius 3 is 2.58 bits per heavy atom. The molecule has 0 saturated heterocycles. The minimum absolute atomic E-state index is 0.342. The first kappa shape index (κ1) is 14.7. The summed E-state index contributed by atoms with van der Waals surface area (Å²) in [5, 5.41) is 10.1. The molecule has 0 aliphatic heterocycles. The monoisotopic (exact) mass is 315 g/mol. The van der Waals surface area contributed by atoms with Gasteiger partial charge in [-0.25, -0.2) is 4.79 Å². The maximum absolute atomic E-state index is 12.6. The summed E-state index contributed by atoms with van der Waals surface area (Å²) in [6.07, 6.45) is 4.55. The minimum atomic E-state index is -0.342. The van der Waals surface area contributed by atoms with Gasteiger partial charge in [0.25, 0.3) is 0 Å². The molecule has 0 bridgehead atoms. The van der Waals surface area contributed by atoms with Crippen LogP contribution in [-0.2, 0) is 12.8 Å². The van der Waals surface area contributed by atoms with Crippen molar-refractivity contribution in [2.75, 3.05) is 0 Å². The lowest BCUT2D eigenvalue weighted by Gasteiger charge is -2.17. The quantitative estimate of drug-likeness (QED) is 0.620. The molecular formula is C21H17NO2. The summed E-state index contributed by atoms with van der Waals surface area (Å²) in [7, 11) is 0. The van der Waals surface area contributed by atoms with Crippen LogP contribution in [0.1, 0.15) is 35.1 Å². The molecule has 24 heavy (non-hydrogen) atoms. The summed E-state index contributed by atoms with van der Waals surface area (Å²) >= 11 is 0. The first-order valence-corrected chi connectivity index (χ1v) is 8.27. The van der Waals surface area contributed by atoms with E-state index in [9.17, 15) is 4.79 Å². The molecule has 0 unspecified atom stereocenters. The molecule has 1 aliphatic carbocycles. The molecule has 1 heterocycles. The second-order valence-electron chi connectivity index (χ2n) is 6.41. The zero-order valence-corrected chi connectivity index (χ0v) is 13.6. The van der Waals surface area contributed by atoms with Crippen molar-refractivity contribution in [2.45, 2.75) is 32.6 Å². The molecule has 0 spiro atoms. The lowest BCUT2D eigenvalue weighted by Crippen LogP contribution is -2.08. The predicted octanol–water partition coefficient (Wildman–Crippen LogP) is 4.52. The fourth-order valence-corrected chi connectivity index (χ4v) is 3.66. The normalized spacial score (nSPS) is 13.5. The second kappa shape index (κ2) is 5.65. The Hall–Kier alpha value is -2.86. The Morgan fingerprint density at radius 1 is 1.08 bits per heavy atom. The predicted molar refractivity (Wildman–Crippen MR) is 94.0 cm³/mol. The smallest absolute Gasteiger partial charge is 0.344 e. The van der Waals surface area contributed by atoms with Gasteiger partial charge in [-0.15, -0.1) is 0 Å². The fraction of sp³-hybridized carbons (Fsp3) is 0.238. The van der Waals surface area contributed by atoms with E-state index in [-0.39, 0.29) is 5.63 Å². The first-order chi connectivity index (χ1) is 11.7. The molecule has 4 rings (SSSR count). The van der Waals surface area contributed by atoms with Gasteiger partial charge in [-0.3, -0.25) is 0 Å². The number of hydrogen-bond donors (Lipinski definition) is 0. The van der Waals surface area contributed by atoms with E-state index in [4.69, 9.17) is 9.68 Å². The highest BCUT2D eigenvalue weighted by Gasteiger charge is 2.17. The third-order valence-corrected chi connectivity index (χ3v) is 4.91. The summed E-state index contributed by atoms with van der Waals surface area (Å²) in [5.41, 5.74) is 5.74. The van der Waals surface area contributed by atoms with Gasteiger partial charge in [0.2, 0.25) is 0 Å². The first-order valence-electron chi connectivity index (χ1n) is 8.27. The van der Waals surface area contributed by atoms with Crippen LogP contribution in [0.25, 0.3) is 22.1 Å². The molecule has 0 radical (unpaired) electrons. The van der Waals surface area contributed by atoms with Gasteiger partial charge < -0.3 is 4.42 Å². The molecule has 0 saturated carbocycles. The average molecular weight is 315 g/mol. The Morgan fingerprint density at radius 2 is 1.83 bits per heavy atom. The van der Waals surface area contributed by atoms with Crippen molar-refractivity contribution >= 4 is 11.0 Å². The largest absolute Gasteiger partial charge is 0.422 e. The van der Waals surface area contributed by atoms with E-state index in [2.05, 4.69) is 12.1 Å². The van der Waals surface area contributed by atoms with Crippen LogP contribution in [0.3, 0.4) is 0 Å². The second-order valence-corrected chi connectivity index (χ2v) is 6.41. The number of nitriles is 1.